The van der Waals surface area contributed by atoms with Crippen LogP contribution in [0.15, 0.2) is 137 Å². The van der Waals surface area contributed by atoms with Gasteiger partial charge < -0.3 is 39.0 Å². The summed E-state index contributed by atoms with van der Waals surface area (Å²) >= 11 is 0. The number of nitrogens with two attached hydrogens (primary N) is 1. The fourth-order valence-corrected chi connectivity index (χ4v) is 10.3. The maximum atomic E-state index is 13.8. The van der Waals surface area contributed by atoms with E-state index in [4.69, 9.17) is 27.7 Å². The largest absolute Gasteiger partial charge is 0.422 e. The Bertz CT molecular complexity index is 4120. The van der Waals surface area contributed by atoms with Crippen molar-refractivity contribution in [3.05, 3.63) is 197 Å². The number of H-pyrrole nitrogens is 2. The molecule has 4 aromatic carbocycles. The Morgan fingerprint density at radius 2 is 1.08 bits per heavy atom. The molecule has 0 radical (unpaired) electrons. The molecule has 17 heteroatoms. The molecule has 0 amide bonds. The van der Waals surface area contributed by atoms with Gasteiger partial charge in [0, 0.05) is 70.3 Å². The molecule has 0 bridgehead atoms. The van der Waals surface area contributed by atoms with E-state index in [1.165, 1.54) is 42.5 Å². The second-order valence-electron chi connectivity index (χ2n) is 18.5. The molecule has 0 atom stereocenters. The van der Waals surface area contributed by atoms with Crippen LogP contribution in [0.4, 0.5) is 20.2 Å². The number of pyridine rings is 2. The standard InChI is InChI=1S/C28H23FN4O3.C16H17N3O.C12H6FNO3/c1-30-19-5-2-16-3-11-26(34)33(24(16)14-19)21-8-6-18(7-9-21)31-15-20-13-23-27(32-20)22-12-17(29)4-10-25(22)36-28(23)35;1-18-13-6-2-11-3-9-16(20)19(15(11)10-13)14-7-4-12(17)5-8-14;13-6-1-2-10-8(3-6)11-9(12(16)17-10)4-7(5-15)14-11/h2-5,10-14,18,21,31-32H,6-9,15H2;2-3,6,9-10,12,14H,4-5,7-8,17H2;1-5,14H. The van der Waals surface area contributed by atoms with Gasteiger partial charge in [0.1, 0.15) is 22.8 Å². The van der Waals surface area contributed by atoms with E-state index in [1.54, 1.807) is 36.4 Å². The summed E-state index contributed by atoms with van der Waals surface area (Å²) in [7, 11) is 0. The van der Waals surface area contributed by atoms with Crippen LogP contribution >= 0.6 is 0 Å². The lowest BCUT2D eigenvalue weighted by molar-refractivity contribution is 0.111. The molecule has 0 saturated heterocycles. The average Bonchev–Trinajstić information content (AvgIpc) is 4.06. The van der Waals surface area contributed by atoms with Crippen LogP contribution in [0.2, 0.25) is 0 Å². The first-order chi connectivity index (χ1) is 35.4. The molecule has 6 heterocycles. The predicted octanol–water partition coefficient (Wildman–Crippen LogP) is 10.8. The number of hydrogen-bond acceptors (Lipinski definition) is 9. The number of rotatable bonds is 6. The third-order valence-corrected chi connectivity index (χ3v) is 13.9. The number of carbonyl (C=O) groups is 1. The van der Waals surface area contributed by atoms with E-state index in [0.717, 1.165) is 78.9 Å². The molecule has 10 aromatic rings. The maximum Gasteiger partial charge on any atom is 0.345 e. The van der Waals surface area contributed by atoms with E-state index in [0.29, 0.717) is 57.0 Å². The van der Waals surface area contributed by atoms with Crippen LogP contribution in [0.5, 0.6) is 0 Å². The SMILES string of the molecule is O=Cc1cc2c(=O)oc3ccc(F)cc3c2[nH]1.[C-]#[N+]c1ccc2ccc(=O)n(C3CCC(N)CC3)c2c1.[C-]#[N+]c1ccc2ccc(=O)n(C3CCC(NCc4cc5c(=O)oc6ccc(F)cc6c5[nH]4)CC3)c2c1. The quantitative estimate of drug-likeness (QED) is 0.0711. The van der Waals surface area contributed by atoms with Gasteiger partial charge in [-0.2, -0.15) is 0 Å². The van der Waals surface area contributed by atoms with Crippen molar-refractivity contribution in [1.29, 1.82) is 0 Å². The fourth-order valence-electron chi connectivity index (χ4n) is 10.3. The highest BCUT2D eigenvalue weighted by Gasteiger charge is 2.25. The van der Waals surface area contributed by atoms with Crippen LogP contribution in [-0.4, -0.2) is 37.5 Å². The Kier molecular flexibility index (Phi) is 13.2. The third-order valence-electron chi connectivity index (χ3n) is 13.9. The Labute approximate surface area is 413 Å². The first-order valence-electron chi connectivity index (χ1n) is 23.9. The van der Waals surface area contributed by atoms with E-state index in [-0.39, 0.29) is 57.8 Å². The Hall–Kier alpha value is -8.77. The van der Waals surface area contributed by atoms with E-state index in [1.807, 2.05) is 39.5 Å². The van der Waals surface area contributed by atoms with Crippen LogP contribution in [0, 0.1) is 24.8 Å². The van der Waals surface area contributed by atoms with Crippen LogP contribution in [0.3, 0.4) is 0 Å². The fraction of sp³-hybridized carbons (Fsp3) is 0.232. The van der Waals surface area contributed by atoms with Gasteiger partial charge in [-0.25, -0.2) is 28.1 Å². The van der Waals surface area contributed by atoms with Gasteiger partial charge >= 0.3 is 11.3 Å². The van der Waals surface area contributed by atoms with E-state index in [2.05, 4.69) is 25.0 Å². The number of carbonyl (C=O) groups excluding carboxylic acids is 1. The summed E-state index contributed by atoms with van der Waals surface area (Å²) in [6.07, 6.45) is 7.85. The van der Waals surface area contributed by atoms with Gasteiger partial charge in [-0.15, -0.1) is 0 Å². The molecule has 0 unspecified atom stereocenters. The van der Waals surface area contributed by atoms with Crippen molar-refractivity contribution in [1.82, 2.24) is 24.4 Å². The third kappa shape index (κ3) is 9.71. The number of aromatic nitrogens is 4. The minimum atomic E-state index is -0.552. The molecular weight excluding hydrogens is 935 g/mol. The lowest BCUT2D eigenvalue weighted by Crippen LogP contribution is -2.35. The van der Waals surface area contributed by atoms with Gasteiger partial charge in [-0.05, 0) is 135 Å². The minimum Gasteiger partial charge on any atom is -0.422 e. The van der Waals surface area contributed by atoms with Gasteiger partial charge in [-0.3, -0.25) is 14.4 Å². The smallest absolute Gasteiger partial charge is 0.345 e. The number of halogens is 2. The van der Waals surface area contributed by atoms with Crippen molar-refractivity contribution >= 4 is 83.2 Å². The summed E-state index contributed by atoms with van der Waals surface area (Å²) in [4.78, 5) is 72.7. The van der Waals surface area contributed by atoms with Gasteiger partial charge in [0.25, 0.3) is 11.1 Å². The minimum absolute atomic E-state index is 0.0140. The highest BCUT2D eigenvalue weighted by Crippen LogP contribution is 2.33. The molecular formula is C56H46F2N8O7. The molecule has 2 saturated carbocycles. The molecule has 12 rings (SSSR count). The van der Waals surface area contributed by atoms with Crippen LogP contribution < -0.4 is 33.4 Å². The summed E-state index contributed by atoms with van der Waals surface area (Å²) in [6.45, 7) is 15.0. The highest BCUT2D eigenvalue weighted by atomic mass is 19.1. The van der Waals surface area contributed by atoms with Crippen molar-refractivity contribution < 1.29 is 22.4 Å². The molecule has 5 N–H and O–H groups in total. The number of aromatic amines is 2. The molecule has 2 aliphatic carbocycles. The summed E-state index contributed by atoms with van der Waals surface area (Å²) in [6, 6.07) is 29.8. The lowest BCUT2D eigenvalue weighted by atomic mass is 9.90. The molecule has 6 aromatic heterocycles. The summed E-state index contributed by atoms with van der Waals surface area (Å²) in [5.41, 5.74) is 10.4. The number of benzene rings is 4. The Morgan fingerprint density at radius 1 is 0.603 bits per heavy atom. The monoisotopic (exact) mass is 980 g/mol. The molecule has 0 aliphatic heterocycles. The van der Waals surface area contributed by atoms with Gasteiger partial charge in [-0.1, -0.05) is 24.3 Å². The first-order valence-corrected chi connectivity index (χ1v) is 23.9. The normalized spacial score (nSPS) is 17.7. The molecule has 366 valence electrons. The van der Waals surface area contributed by atoms with Crippen molar-refractivity contribution in [3.8, 4) is 0 Å². The van der Waals surface area contributed by atoms with Gasteiger partial charge in [0.15, 0.2) is 17.7 Å². The van der Waals surface area contributed by atoms with Crippen LogP contribution in [0.25, 0.3) is 75.2 Å². The van der Waals surface area contributed by atoms with Gasteiger partial charge in [0.05, 0.1) is 40.6 Å². The van der Waals surface area contributed by atoms with Crippen LogP contribution in [0.1, 0.15) is 79.6 Å². The molecule has 0 spiro atoms. The topological polar surface area (TPSA) is 200 Å². The van der Waals surface area contributed by atoms with Crippen molar-refractivity contribution in [2.45, 2.75) is 82.1 Å². The molecule has 2 fully saturated rings. The van der Waals surface area contributed by atoms with E-state index >= 15 is 0 Å². The summed E-state index contributed by atoms with van der Waals surface area (Å²) in [5, 5.41) is 7.14. The second kappa shape index (κ2) is 20.2. The van der Waals surface area contributed by atoms with Crippen molar-refractivity contribution in [2.24, 2.45) is 5.73 Å². The van der Waals surface area contributed by atoms with Crippen molar-refractivity contribution in [2.75, 3.05) is 0 Å². The van der Waals surface area contributed by atoms with Crippen LogP contribution in [-0.2, 0) is 6.54 Å². The zero-order valence-corrected chi connectivity index (χ0v) is 39.1. The zero-order chi connectivity index (χ0) is 50.9. The predicted molar refractivity (Wildman–Crippen MR) is 277 cm³/mol. The number of hydrogen-bond donors (Lipinski definition) is 4. The molecule has 2 aliphatic rings. The highest BCUT2D eigenvalue weighted by molar-refractivity contribution is 6.04. The van der Waals surface area contributed by atoms with Crippen molar-refractivity contribution in [3.63, 3.8) is 0 Å². The zero-order valence-electron chi connectivity index (χ0n) is 39.1. The number of nitrogens with one attached hydrogen (secondary N) is 3. The maximum absolute atomic E-state index is 13.8. The van der Waals surface area contributed by atoms with E-state index < -0.39 is 17.1 Å². The Balaban J connectivity index is 0.000000139. The van der Waals surface area contributed by atoms with E-state index in [9.17, 15) is 32.8 Å². The summed E-state index contributed by atoms with van der Waals surface area (Å²) in [5.74, 6) is -0.825. The lowest BCUT2D eigenvalue weighted by Gasteiger charge is -2.31. The Morgan fingerprint density at radius 3 is 1.59 bits per heavy atom. The molecule has 73 heavy (non-hydrogen) atoms. The number of nitrogens with zero attached hydrogens (tertiary/aromatic N) is 4. The van der Waals surface area contributed by atoms with Gasteiger partial charge in [0.2, 0.25) is 0 Å². The molecule has 15 nitrogen and oxygen atoms in total. The number of aldehydes is 1. The summed E-state index contributed by atoms with van der Waals surface area (Å²) < 4.78 is 41.0. The first kappa shape index (κ1) is 47.9. The second-order valence-corrected chi connectivity index (χ2v) is 18.5. The average molecular weight is 981 g/mol. The number of fused-ring (bicyclic) bond motifs is 8.